The van der Waals surface area contributed by atoms with Crippen LogP contribution in [0.2, 0.25) is 0 Å². The summed E-state index contributed by atoms with van der Waals surface area (Å²) in [6.07, 6.45) is 1.91. The molecule has 0 aromatic heterocycles. The third kappa shape index (κ3) is 2.82. The zero-order valence-corrected chi connectivity index (χ0v) is 10.8. The van der Waals surface area contributed by atoms with Gasteiger partial charge in [-0.05, 0) is 31.9 Å². The van der Waals surface area contributed by atoms with Crippen molar-refractivity contribution in [3.05, 3.63) is 23.8 Å². The molecule has 0 saturated carbocycles. The van der Waals surface area contributed by atoms with Gasteiger partial charge in [0, 0.05) is 6.61 Å². The van der Waals surface area contributed by atoms with Crippen LogP contribution in [-0.2, 0) is 4.74 Å². The van der Waals surface area contributed by atoms with E-state index in [0.29, 0.717) is 23.7 Å². The van der Waals surface area contributed by atoms with Crippen molar-refractivity contribution in [2.45, 2.75) is 25.9 Å². The van der Waals surface area contributed by atoms with E-state index in [1.807, 2.05) is 0 Å². The molecular weight excluding hydrogens is 232 g/mol. The maximum Gasteiger partial charge on any atom is 0.172 e. The normalized spacial score (nSPS) is 19.3. The Morgan fingerprint density at radius 2 is 2.28 bits per heavy atom. The minimum absolute atomic E-state index is 0.00634. The molecule has 98 valence electrons. The molecule has 1 atom stereocenters. The SMILES string of the molecule is COc1cccc(C(C)=O)c1OC1CCCOC1. The largest absolute Gasteiger partial charge is 0.493 e. The van der Waals surface area contributed by atoms with Crippen molar-refractivity contribution >= 4 is 5.78 Å². The minimum atomic E-state index is -0.0272. The van der Waals surface area contributed by atoms with Gasteiger partial charge in [0.15, 0.2) is 17.3 Å². The molecule has 0 aliphatic carbocycles. The summed E-state index contributed by atoms with van der Waals surface area (Å²) >= 11 is 0. The molecule has 1 aromatic carbocycles. The Morgan fingerprint density at radius 3 is 2.89 bits per heavy atom. The lowest BCUT2D eigenvalue weighted by molar-refractivity contribution is 0.00612. The zero-order chi connectivity index (χ0) is 13.0. The fourth-order valence-corrected chi connectivity index (χ4v) is 2.05. The monoisotopic (exact) mass is 250 g/mol. The van der Waals surface area contributed by atoms with Gasteiger partial charge in [0.05, 0.1) is 19.3 Å². The molecule has 18 heavy (non-hydrogen) atoms. The number of para-hydroxylation sites is 1. The minimum Gasteiger partial charge on any atom is -0.493 e. The molecule has 1 aliphatic heterocycles. The van der Waals surface area contributed by atoms with Gasteiger partial charge in [-0.1, -0.05) is 6.07 Å². The van der Waals surface area contributed by atoms with E-state index < -0.39 is 0 Å². The van der Waals surface area contributed by atoms with E-state index in [-0.39, 0.29) is 11.9 Å². The summed E-state index contributed by atoms with van der Waals surface area (Å²) in [5.41, 5.74) is 0.555. The van der Waals surface area contributed by atoms with E-state index in [9.17, 15) is 4.79 Å². The lowest BCUT2D eigenvalue weighted by Gasteiger charge is -2.25. The van der Waals surface area contributed by atoms with Gasteiger partial charge in [0.25, 0.3) is 0 Å². The summed E-state index contributed by atoms with van der Waals surface area (Å²) in [4.78, 5) is 11.6. The van der Waals surface area contributed by atoms with Crippen molar-refractivity contribution < 1.29 is 19.0 Å². The van der Waals surface area contributed by atoms with Crippen LogP contribution < -0.4 is 9.47 Å². The topological polar surface area (TPSA) is 44.8 Å². The molecule has 4 nitrogen and oxygen atoms in total. The quantitative estimate of drug-likeness (QED) is 0.770. The second-order valence-electron chi connectivity index (χ2n) is 4.35. The van der Waals surface area contributed by atoms with Crippen molar-refractivity contribution in [2.24, 2.45) is 0 Å². The van der Waals surface area contributed by atoms with Gasteiger partial charge >= 0.3 is 0 Å². The Bertz CT molecular complexity index is 422. The highest BCUT2D eigenvalue weighted by molar-refractivity contribution is 5.97. The lowest BCUT2D eigenvalue weighted by Crippen LogP contribution is -2.28. The van der Waals surface area contributed by atoms with Crippen LogP contribution in [0, 0.1) is 0 Å². The number of rotatable bonds is 4. The van der Waals surface area contributed by atoms with Crippen LogP contribution in [0.4, 0.5) is 0 Å². The number of benzene rings is 1. The second kappa shape index (κ2) is 5.87. The number of Topliss-reactive ketones (excluding diaryl/α,β-unsaturated/α-hetero) is 1. The van der Waals surface area contributed by atoms with Gasteiger partial charge in [-0.3, -0.25) is 4.79 Å². The predicted molar refractivity (Wildman–Crippen MR) is 67.5 cm³/mol. The average molecular weight is 250 g/mol. The summed E-state index contributed by atoms with van der Waals surface area (Å²) in [6.45, 7) is 2.87. The van der Waals surface area contributed by atoms with Gasteiger partial charge in [-0.25, -0.2) is 0 Å². The Hall–Kier alpha value is -1.55. The molecule has 4 heteroatoms. The number of ether oxygens (including phenoxy) is 3. The van der Waals surface area contributed by atoms with Gasteiger partial charge in [0.1, 0.15) is 6.10 Å². The van der Waals surface area contributed by atoms with Gasteiger partial charge in [0.2, 0.25) is 0 Å². The van der Waals surface area contributed by atoms with Crippen LogP contribution in [0.1, 0.15) is 30.1 Å². The summed E-state index contributed by atoms with van der Waals surface area (Å²) in [5.74, 6) is 1.09. The lowest BCUT2D eigenvalue weighted by atomic mass is 10.1. The third-order valence-corrected chi connectivity index (χ3v) is 2.98. The van der Waals surface area contributed by atoms with Crippen LogP contribution in [0.5, 0.6) is 11.5 Å². The number of carbonyl (C=O) groups excluding carboxylic acids is 1. The highest BCUT2D eigenvalue weighted by Crippen LogP contribution is 2.33. The Morgan fingerprint density at radius 1 is 1.44 bits per heavy atom. The molecule has 0 spiro atoms. The Kier molecular flexibility index (Phi) is 4.20. The maximum absolute atomic E-state index is 11.6. The second-order valence-corrected chi connectivity index (χ2v) is 4.35. The van der Waals surface area contributed by atoms with Gasteiger partial charge < -0.3 is 14.2 Å². The highest BCUT2D eigenvalue weighted by Gasteiger charge is 2.21. The van der Waals surface area contributed by atoms with Crippen molar-refractivity contribution in [2.75, 3.05) is 20.3 Å². The zero-order valence-electron chi connectivity index (χ0n) is 10.8. The average Bonchev–Trinajstić information content (AvgIpc) is 2.40. The van der Waals surface area contributed by atoms with E-state index in [2.05, 4.69) is 0 Å². The van der Waals surface area contributed by atoms with E-state index in [4.69, 9.17) is 14.2 Å². The van der Waals surface area contributed by atoms with Crippen LogP contribution in [0.15, 0.2) is 18.2 Å². The molecule has 1 heterocycles. The van der Waals surface area contributed by atoms with Crippen molar-refractivity contribution in [3.63, 3.8) is 0 Å². The van der Waals surface area contributed by atoms with Crippen LogP contribution in [0.25, 0.3) is 0 Å². The molecule has 0 amide bonds. The first-order valence-electron chi connectivity index (χ1n) is 6.14. The van der Waals surface area contributed by atoms with E-state index >= 15 is 0 Å². The smallest absolute Gasteiger partial charge is 0.172 e. The fourth-order valence-electron chi connectivity index (χ4n) is 2.05. The first-order valence-corrected chi connectivity index (χ1v) is 6.14. The molecule has 0 N–H and O–H groups in total. The van der Waals surface area contributed by atoms with Crippen molar-refractivity contribution in [1.82, 2.24) is 0 Å². The highest BCUT2D eigenvalue weighted by atomic mass is 16.5. The Labute approximate surface area is 107 Å². The first-order chi connectivity index (χ1) is 8.72. The predicted octanol–water partition coefficient (Wildman–Crippen LogP) is 2.46. The molecule has 1 aromatic rings. The first kappa shape index (κ1) is 12.9. The third-order valence-electron chi connectivity index (χ3n) is 2.98. The van der Waals surface area contributed by atoms with Gasteiger partial charge in [-0.15, -0.1) is 0 Å². The number of carbonyl (C=O) groups is 1. The molecule has 2 rings (SSSR count). The summed E-state index contributed by atoms with van der Waals surface area (Å²) in [7, 11) is 1.57. The van der Waals surface area contributed by atoms with Crippen LogP contribution in [-0.4, -0.2) is 32.2 Å². The van der Waals surface area contributed by atoms with Crippen LogP contribution >= 0.6 is 0 Å². The fraction of sp³-hybridized carbons (Fsp3) is 0.500. The van der Waals surface area contributed by atoms with E-state index in [0.717, 1.165) is 19.4 Å². The molecular formula is C14H18O4. The summed E-state index contributed by atoms with van der Waals surface area (Å²) < 4.78 is 16.5. The molecule has 1 saturated heterocycles. The number of hydrogen-bond donors (Lipinski definition) is 0. The standard InChI is InChI=1S/C14H18O4/c1-10(15)12-6-3-7-13(16-2)14(12)18-11-5-4-8-17-9-11/h3,6-7,11H,4-5,8-9H2,1-2H3. The van der Waals surface area contributed by atoms with E-state index in [1.165, 1.54) is 6.92 Å². The molecule has 0 bridgehead atoms. The Balaban J connectivity index is 2.25. The number of hydrogen-bond acceptors (Lipinski definition) is 4. The summed E-state index contributed by atoms with van der Waals surface area (Å²) in [6, 6.07) is 5.34. The number of ketones is 1. The summed E-state index contributed by atoms with van der Waals surface area (Å²) in [5, 5.41) is 0. The van der Waals surface area contributed by atoms with Crippen molar-refractivity contribution in [1.29, 1.82) is 0 Å². The maximum atomic E-state index is 11.6. The number of methoxy groups -OCH3 is 1. The molecule has 1 fully saturated rings. The molecule has 0 radical (unpaired) electrons. The van der Waals surface area contributed by atoms with Crippen LogP contribution in [0.3, 0.4) is 0 Å². The van der Waals surface area contributed by atoms with Gasteiger partial charge in [-0.2, -0.15) is 0 Å². The van der Waals surface area contributed by atoms with Crippen molar-refractivity contribution in [3.8, 4) is 11.5 Å². The molecule has 1 unspecified atom stereocenters. The van der Waals surface area contributed by atoms with E-state index in [1.54, 1.807) is 25.3 Å². The molecule has 1 aliphatic rings.